The number of carbonyl (C=O) groups is 2. The van der Waals surface area contributed by atoms with E-state index >= 15 is 0 Å². The molecule has 1 amide bonds. The number of hydrogen-bond donors (Lipinski definition) is 1. The Hall–Kier alpha value is -3.12. The normalized spacial score (nSPS) is 19.7. The Bertz CT molecular complexity index is 1060. The molecule has 1 atom stereocenters. The minimum absolute atomic E-state index is 0.130. The lowest BCUT2D eigenvalue weighted by Gasteiger charge is -2.26. The summed E-state index contributed by atoms with van der Waals surface area (Å²) < 4.78 is 5.55. The molecule has 31 heavy (non-hydrogen) atoms. The Balaban J connectivity index is 1.79. The fraction of sp³-hybridized carbons (Fsp3) is 0.360. The third kappa shape index (κ3) is 4.08. The molecule has 0 spiro atoms. The van der Waals surface area contributed by atoms with Crippen LogP contribution in [0.1, 0.15) is 34.7 Å². The van der Waals surface area contributed by atoms with Crippen LogP contribution in [0.5, 0.6) is 5.75 Å². The summed E-state index contributed by atoms with van der Waals surface area (Å²) in [5.74, 6) is -0.521. The summed E-state index contributed by atoms with van der Waals surface area (Å²) in [6.45, 7) is 3.83. The van der Waals surface area contributed by atoms with Gasteiger partial charge in [-0.05, 0) is 63.3 Å². The number of ether oxygens (including phenoxy) is 1. The fourth-order valence-corrected chi connectivity index (χ4v) is 4.34. The molecule has 2 heterocycles. The molecule has 1 saturated heterocycles. The molecule has 162 valence electrons. The number of rotatable bonds is 6. The summed E-state index contributed by atoms with van der Waals surface area (Å²) in [5, 5.41) is 11.2. The first-order valence-corrected chi connectivity index (χ1v) is 10.6. The number of carbonyl (C=O) groups excluding carboxylic acids is 2. The maximum Gasteiger partial charge on any atom is 0.295 e. The van der Waals surface area contributed by atoms with Gasteiger partial charge in [0.1, 0.15) is 11.5 Å². The van der Waals surface area contributed by atoms with Gasteiger partial charge in [0.25, 0.3) is 11.7 Å². The minimum atomic E-state index is -0.634. The lowest BCUT2D eigenvalue weighted by Crippen LogP contribution is -2.32. The van der Waals surface area contributed by atoms with E-state index in [0.717, 1.165) is 41.8 Å². The second-order valence-corrected chi connectivity index (χ2v) is 8.48. The summed E-state index contributed by atoms with van der Waals surface area (Å²) in [7, 11) is 3.95. The van der Waals surface area contributed by atoms with Crippen molar-refractivity contribution in [3.05, 3.63) is 70.3 Å². The summed E-state index contributed by atoms with van der Waals surface area (Å²) in [5.41, 5.74) is 3.55. The predicted molar refractivity (Wildman–Crippen MR) is 119 cm³/mol. The molecular formula is C25H28N2O4. The van der Waals surface area contributed by atoms with Gasteiger partial charge in [0.15, 0.2) is 0 Å². The van der Waals surface area contributed by atoms with E-state index in [1.807, 2.05) is 62.3 Å². The highest BCUT2D eigenvalue weighted by Crippen LogP contribution is 2.40. The van der Waals surface area contributed by atoms with Crippen molar-refractivity contribution in [1.29, 1.82) is 0 Å². The van der Waals surface area contributed by atoms with Crippen molar-refractivity contribution < 1.29 is 19.4 Å². The molecule has 0 bridgehead atoms. The number of Topliss-reactive ketones (excluding diaryl/α,β-unsaturated/α-hetero) is 1. The molecular weight excluding hydrogens is 392 g/mol. The van der Waals surface area contributed by atoms with Crippen LogP contribution in [0.25, 0.3) is 5.76 Å². The Morgan fingerprint density at radius 2 is 2.00 bits per heavy atom. The van der Waals surface area contributed by atoms with Gasteiger partial charge in [0, 0.05) is 18.5 Å². The zero-order valence-corrected chi connectivity index (χ0v) is 18.2. The average molecular weight is 421 g/mol. The van der Waals surface area contributed by atoms with E-state index in [1.54, 1.807) is 11.0 Å². The zero-order chi connectivity index (χ0) is 22.1. The van der Waals surface area contributed by atoms with Crippen LogP contribution < -0.4 is 4.74 Å². The second kappa shape index (κ2) is 8.55. The van der Waals surface area contributed by atoms with Crippen LogP contribution in [-0.4, -0.2) is 60.4 Å². The highest BCUT2D eigenvalue weighted by molar-refractivity contribution is 6.46. The Morgan fingerprint density at radius 3 is 2.74 bits per heavy atom. The van der Waals surface area contributed by atoms with Gasteiger partial charge >= 0.3 is 0 Å². The number of nitrogens with zero attached hydrogens (tertiary/aromatic N) is 2. The molecule has 4 rings (SSSR count). The second-order valence-electron chi connectivity index (χ2n) is 8.48. The van der Waals surface area contributed by atoms with Crippen molar-refractivity contribution in [2.45, 2.75) is 25.8 Å². The van der Waals surface area contributed by atoms with Gasteiger partial charge in [-0.2, -0.15) is 0 Å². The third-order valence-electron chi connectivity index (χ3n) is 5.87. The number of amides is 1. The van der Waals surface area contributed by atoms with Gasteiger partial charge in [0.2, 0.25) is 0 Å². The first-order valence-electron chi connectivity index (χ1n) is 10.6. The molecule has 0 aromatic heterocycles. The highest BCUT2D eigenvalue weighted by atomic mass is 16.5. The molecule has 1 unspecified atom stereocenters. The van der Waals surface area contributed by atoms with Crippen molar-refractivity contribution in [1.82, 2.24) is 9.80 Å². The standard InChI is InChI=1S/C25H28N2O4/c1-16-6-4-7-18(14-16)22-21(24(29)25(30)27(22)12-5-11-26(2)3)23(28)19-8-9-20-17(15-19)10-13-31-20/h4,6-9,14-15,22,28H,5,10-13H2,1-3H3/b23-21-. The molecule has 0 saturated carbocycles. The molecule has 1 fully saturated rings. The Morgan fingerprint density at radius 1 is 1.19 bits per heavy atom. The zero-order valence-electron chi connectivity index (χ0n) is 18.2. The van der Waals surface area contributed by atoms with Gasteiger partial charge in [0.05, 0.1) is 18.2 Å². The van der Waals surface area contributed by atoms with Crippen molar-refractivity contribution in [3.8, 4) is 5.75 Å². The van der Waals surface area contributed by atoms with Crippen molar-refractivity contribution in [3.63, 3.8) is 0 Å². The summed E-state index contributed by atoms with van der Waals surface area (Å²) >= 11 is 0. The summed E-state index contributed by atoms with van der Waals surface area (Å²) in [4.78, 5) is 29.7. The average Bonchev–Trinajstić information content (AvgIpc) is 3.30. The quantitative estimate of drug-likeness (QED) is 0.441. The summed E-state index contributed by atoms with van der Waals surface area (Å²) in [6, 6.07) is 12.6. The van der Waals surface area contributed by atoms with E-state index in [0.29, 0.717) is 18.7 Å². The number of fused-ring (bicyclic) bond motifs is 1. The van der Waals surface area contributed by atoms with Gasteiger partial charge in [-0.1, -0.05) is 29.8 Å². The first-order chi connectivity index (χ1) is 14.9. The molecule has 6 nitrogen and oxygen atoms in total. The topological polar surface area (TPSA) is 70.1 Å². The third-order valence-corrected chi connectivity index (χ3v) is 5.87. The van der Waals surface area contributed by atoms with Crippen LogP contribution in [0.15, 0.2) is 48.0 Å². The van der Waals surface area contributed by atoms with E-state index in [9.17, 15) is 14.7 Å². The number of likely N-dealkylation sites (tertiary alicyclic amines) is 1. The molecule has 2 aromatic rings. The lowest BCUT2D eigenvalue weighted by atomic mass is 9.94. The van der Waals surface area contributed by atoms with Gasteiger partial charge < -0.3 is 19.6 Å². The maximum absolute atomic E-state index is 13.1. The van der Waals surface area contributed by atoms with Crippen LogP contribution >= 0.6 is 0 Å². The van der Waals surface area contributed by atoms with Gasteiger partial charge in [-0.3, -0.25) is 9.59 Å². The van der Waals surface area contributed by atoms with Crippen LogP contribution in [-0.2, 0) is 16.0 Å². The van der Waals surface area contributed by atoms with Crippen LogP contribution in [0.3, 0.4) is 0 Å². The minimum Gasteiger partial charge on any atom is -0.507 e. The van der Waals surface area contributed by atoms with Gasteiger partial charge in [-0.15, -0.1) is 0 Å². The Labute approximate surface area is 182 Å². The summed E-state index contributed by atoms with van der Waals surface area (Å²) in [6.07, 6.45) is 1.50. The molecule has 1 N–H and O–H groups in total. The van der Waals surface area contributed by atoms with Crippen molar-refractivity contribution in [2.75, 3.05) is 33.8 Å². The molecule has 2 aliphatic heterocycles. The number of aryl methyl sites for hydroxylation is 1. The van der Waals surface area contributed by atoms with Crippen molar-refractivity contribution in [2.24, 2.45) is 0 Å². The number of benzene rings is 2. The van der Waals surface area contributed by atoms with Crippen LogP contribution in [0, 0.1) is 6.92 Å². The van der Waals surface area contributed by atoms with Gasteiger partial charge in [-0.25, -0.2) is 0 Å². The first kappa shape index (κ1) is 21.1. The van der Waals surface area contributed by atoms with E-state index in [-0.39, 0.29) is 11.3 Å². The van der Waals surface area contributed by atoms with Crippen LogP contribution in [0.4, 0.5) is 0 Å². The smallest absolute Gasteiger partial charge is 0.295 e. The molecule has 6 heteroatoms. The fourth-order valence-electron chi connectivity index (χ4n) is 4.34. The number of aliphatic hydroxyl groups is 1. The number of ketones is 1. The van der Waals surface area contributed by atoms with E-state index in [2.05, 4.69) is 0 Å². The highest BCUT2D eigenvalue weighted by Gasteiger charge is 2.45. The lowest BCUT2D eigenvalue weighted by molar-refractivity contribution is -0.139. The predicted octanol–water partition coefficient (Wildman–Crippen LogP) is 3.30. The molecule has 0 radical (unpaired) electrons. The van der Waals surface area contributed by atoms with E-state index in [1.165, 1.54) is 0 Å². The van der Waals surface area contributed by atoms with Crippen LogP contribution in [0.2, 0.25) is 0 Å². The molecule has 0 aliphatic carbocycles. The maximum atomic E-state index is 13.1. The monoisotopic (exact) mass is 420 g/mol. The molecule has 2 aliphatic rings. The van der Waals surface area contributed by atoms with E-state index in [4.69, 9.17) is 4.74 Å². The largest absolute Gasteiger partial charge is 0.507 e. The SMILES string of the molecule is Cc1cccc(C2/C(=C(/O)c3ccc4c(c3)CCO4)C(=O)C(=O)N2CCCN(C)C)c1. The number of hydrogen-bond acceptors (Lipinski definition) is 5. The Kier molecular flexibility index (Phi) is 5.83. The van der Waals surface area contributed by atoms with E-state index < -0.39 is 17.7 Å². The molecule has 2 aromatic carbocycles. The number of aliphatic hydroxyl groups excluding tert-OH is 1. The van der Waals surface area contributed by atoms with Crippen molar-refractivity contribution >= 4 is 17.4 Å².